The summed E-state index contributed by atoms with van der Waals surface area (Å²) < 4.78 is 20.3. The highest BCUT2D eigenvalue weighted by Gasteiger charge is 2.13. The molecule has 3 aromatic rings. The van der Waals surface area contributed by atoms with E-state index in [1.165, 1.54) is 17.8 Å². The molecule has 0 radical (unpaired) electrons. The molecule has 3 rings (SSSR count). The van der Waals surface area contributed by atoms with Crippen molar-refractivity contribution in [1.82, 2.24) is 9.55 Å². The predicted octanol–water partition coefficient (Wildman–Crippen LogP) is 3.61. The summed E-state index contributed by atoms with van der Waals surface area (Å²) in [7, 11) is 1.61. The van der Waals surface area contributed by atoms with Crippen LogP contribution in [-0.4, -0.2) is 34.9 Å². The van der Waals surface area contributed by atoms with E-state index in [4.69, 9.17) is 4.74 Å². The number of nitrogens with zero attached hydrogens (tertiary/aromatic N) is 2. The number of para-hydroxylation sites is 1. The molecule has 29 heavy (non-hydrogen) atoms. The van der Waals surface area contributed by atoms with Gasteiger partial charge < -0.3 is 10.1 Å². The summed E-state index contributed by atoms with van der Waals surface area (Å²) in [6.45, 7) is 2.62. The van der Waals surface area contributed by atoms with E-state index < -0.39 is 0 Å². The zero-order valence-electron chi connectivity index (χ0n) is 16.3. The minimum Gasteiger partial charge on any atom is -0.385 e. The SMILES string of the molecule is COCCCn1c(SCC(=O)Nc2ccc(C)c(F)c2)nc2ccccc2c1=O. The van der Waals surface area contributed by atoms with Crippen LogP contribution in [0.5, 0.6) is 0 Å². The van der Waals surface area contributed by atoms with E-state index >= 15 is 0 Å². The molecule has 1 aromatic heterocycles. The van der Waals surface area contributed by atoms with Crippen LogP contribution in [0.1, 0.15) is 12.0 Å². The number of fused-ring (bicyclic) bond motifs is 1. The van der Waals surface area contributed by atoms with Crippen LogP contribution in [0, 0.1) is 12.7 Å². The van der Waals surface area contributed by atoms with Crippen molar-refractivity contribution in [2.75, 3.05) is 24.8 Å². The largest absolute Gasteiger partial charge is 0.385 e. The first kappa shape index (κ1) is 21.0. The molecule has 6 nitrogen and oxygen atoms in total. The second kappa shape index (κ2) is 9.67. The van der Waals surface area contributed by atoms with Crippen molar-refractivity contribution in [3.63, 3.8) is 0 Å². The van der Waals surface area contributed by atoms with Gasteiger partial charge in [0.25, 0.3) is 5.56 Å². The quantitative estimate of drug-likeness (QED) is 0.346. The van der Waals surface area contributed by atoms with Crippen molar-refractivity contribution in [3.8, 4) is 0 Å². The topological polar surface area (TPSA) is 73.2 Å². The first-order valence-electron chi connectivity index (χ1n) is 9.17. The van der Waals surface area contributed by atoms with Crippen LogP contribution < -0.4 is 10.9 Å². The molecule has 1 N–H and O–H groups in total. The smallest absolute Gasteiger partial charge is 0.262 e. The molecule has 2 aromatic carbocycles. The van der Waals surface area contributed by atoms with Crippen LogP contribution in [0.2, 0.25) is 0 Å². The lowest BCUT2D eigenvalue weighted by Gasteiger charge is -2.13. The van der Waals surface area contributed by atoms with E-state index in [1.54, 1.807) is 48.9 Å². The lowest BCUT2D eigenvalue weighted by Crippen LogP contribution is -2.25. The van der Waals surface area contributed by atoms with E-state index in [0.717, 1.165) is 0 Å². The molecule has 0 aliphatic heterocycles. The lowest BCUT2D eigenvalue weighted by molar-refractivity contribution is -0.113. The Morgan fingerprint density at radius 1 is 1.28 bits per heavy atom. The zero-order valence-corrected chi connectivity index (χ0v) is 17.1. The third-order valence-corrected chi connectivity index (χ3v) is 5.32. The van der Waals surface area contributed by atoms with Gasteiger partial charge in [-0.3, -0.25) is 14.2 Å². The maximum atomic E-state index is 13.7. The molecule has 0 aliphatic rings. The van der Waals surface area contributed by atoms with Gasteiger partial charge in [-0.05, 0) is 43.2 Å². The van der Waals surface area contributed by atoms with E-state index in [2.05, 4.69) is 10.3 Å². The van der Waals surface area contributed by atoms with Crippen LogP contribution in [0.4, 0.5) is 10.1 Å². The summed E-state index contributed by atoms with van der Waals surface area (Å²) in [5.74, 6) is -0.632. The summed E-state index contributed by atoms with van der Waals surface area (Å²) in [5, 5.41) is 3.67. The molecule has 0 saturated heterocycles. The number of aryl methyl sites for hydroxylation is 1. The fraction of sp³-hybridized carbons (Fsp3) is 0.286. The number of ether oxygens (including phenoxy) is 1. The number of halogens is 1. The number of methoxy groups -OCH3 is 1. The molecule has 152 valence electrons. The highest BCUT2D eigenvalue weighted by molar-refractivity contribution is 7.99. The van der Waals surface area contributed by atoms with Crippen LogP contribution in [0.3, 0.4) is 0 Å². The normalized spacial score (nSPS) is 11.0. The van der Waals surface area contributed by atoms with E-state index in [1.807, 2.05) is 6.07 Å². The Kier molecular flexibility index (Phi) is 7.00. The van der Waals surface area contributed by atoms with Gasteiger partial charge in [0.2, 0.25) is 5.91 Å². The summed E-state index contributed by atoms with van der Waals surface area (Å²) >= 11 is 1.17. The summed E-state index contributed by atoms with van der Waals surface area (Å²) in [6, 6.07) is 11.7. The molecule has 0 atom stereocenters. The number of hydrogen-bond acceptors (Lipinski definition) is 5. The third kappa shape index (κ3) is 5.21. The van der Waals surface area contributed by atoms with Crippen molar-refractivity contribution < 1.29 is 13.9 Å². The number of carbonyl (C=O) groups excluding carboxylic acids is 1. The van der Waals surface area contributed by atoms with Gasteiger partial charge in [-0.1, -0.05) is 30.0 Å². The van der Waals surface area contributed by atoms with Gasteiger partial charge in [0.05, 0.1) is 16.7 Å². The molecule has 0 aliphatic carbocycles. The second-order valence-corrected chi connectivity index (χ2v) is 7.46. The lowest BCUT2D eigenvalue weighted by atomic mass is 10.2. The summed E-state index contributed by atoms with van der Waals surface area (Å²) in [5.41, 5.74) is 1.35. The molecule has 0 unspecified atom stereocenters. The molecular formula is C21H22FN3O3S. The minimum atomic E-state index is -0.376. The number of nitrogens with one attached hydrogen (secondary N) is 1. The Morgan fingerprint density at radius 3 is 2.83 bits per heavy atom. The highest BCUT2D eigenvalue weighted by atomic mass is 32.2. The van der Waals surface area contributed by atoms with Gasteiger partial charge in [0.1, 0.15) is 5.82 Å². The first-order valence-corrected chi connectivity index (χ1v) is 10.2. The monoisotopic (exact) mass is 415 g/mol. The van der Waals surface area contributed by atoms with Crippen molar-refractivity contribution in [3.05, 3.63) is 64.2 Å². The van der Waals surface area contributed by atoms with Gasteiger partial charge in [-0.25, -0.2) is 9.37 Å². The number of carbonyl (C=O) groups is 1. The van der Waals surface area contributed by atoms with Gasteiger partial charge >= 0.3 is 0 Å². The van der Waals surface area contributed by atoms with Gasteiger partial charge in [-0.15, -0.1) is 0 Å². The average molecular weight is 415 g/mol. The molecule has 1 amide bonds. The Labute approximate surface area is 172 Å². The fourth-order valence-corrected chi connectivity index (χ4v) is 3.65. The highest BCUT2D eigenvalue weighted by Crippen LogP contribution is 2.19. The molecule has 1 heterocycles. The number of amides is 1. The number of benzene rings is 2. The zero-order chi connectivity index (χ0) is 20.8. The second-order valence-electron chi connectivity index (χ2n) is 6.52. The van der Waals surface area contributed by atoms with Gasteiger partial charge in [-0.2, -0.15) is 0 Å². The van der Waals surface area contributed by atoms with E-state index in [-0.39, 0.29) is 23.0 Å². The van der Waals surface area contributed by atoms with Gasteiger partial charge in [0, 0.05) is 25.9 Å². The van der Waals surface area contributed by atoms with Crippen LogP contribution >= 0.6 is 11.8 Å². The molecule has 0 saturated carbocycles. The first-order chi connectivity index (χ1) is 14.0. The van der Waals surface area contributed by atoms with Crippen LogP contribution in [0.15, 0.2) is 52.4 Å². The number of anilines is 1. The number of thioether (sulfide) groups is 1. The predicted molar refractivity (Wildman–Crippen MR) is 113 cm³/mol. The number of rotatable bonds is 8. The van der Waals surface area contributed by atoms with Crippen LogP contribution in [0.25, 0.3) is 10.9 Å². The van der Waals surface area contributed by atoms with E-state index in [0.29, 0.717) is 46.9 Å². The van der Waals surface area contributed by atoms with Crippen molar-refractivity contribution in [2.24, 2.45) is 0 Å². The minimum absolute atomic E-state index is 0.0462. The third-order valence-electron chi connectivity index (χ3n) is 4.34. The number of aromatic nitrogens is 2. The Morgan fingerprint density at radius 2 is 2.07 bits per heavy atom. The van der Waals surface area contributed by atoms with Gasteiger partial charge in [0.15, 0.2) is 5.16 Å². The Bertz CT molecular complexity index is 1080. The van der Waals surface area contributed by atoms with E-state index in [9.17, 15) is 14.0 Å². The Hall–Kier alpha value is -2.71. The van der Waals surface area contributed by atoms with Crippen molar-refractivity contribution in [2.45, 2.75) is 25.0 Å². The molecule has 8 heteroatoms. The molecule has 0 fully saturated rings. The molecular weight excluding hydrogens is 393 g/mol. The summed E-state index contributed by atoms with van der Waals surface area (Å²) in [6.07, 6.45) is 0.652. The fourth-order valence-electron chi connectivity index (χ4n) is 2.82. The maximum Gasteiger partial charge on any atom is 0.262 e. The van der Waals surface area contributed by atoms with Crippen LogP contribution in [-0.2, 0) is 16.1 Å². The maximum absolute atomic E-state index is 13.7. The standard InChI is InChI=1S/C21H22FN3O3S/c1-14-8-9-15(12-17(14)22)23-19(26)13-29-21-24-18-7-4-3-6-16(18)20(27)25(21)10-5-11-28-2/h3-4,6-9,12H,5,10-11,13H2,1-2H3,(H,23,26). The molecule has 0 bridgehead atoms. The van der Waals surface area contributed by atoms with Crippen molar-refractivity contribution >= 4 is 34.3 Å². The molecule has 0 spiro atoms. The van der Waals surface area contributed by atoms with Crippen molar-refractivity contribution in [1.29, 1.82) is 0 Å². The Balaban J connectivity index is 1.78. The summed E-state index contributed by atoms with van der Waals surface area (Å²) in [4.78, 5) is 29.8. The number of hydrogen-bond donors (Lipinski definition) is 1. The average Bonchev–Trinajstić information content (AvgIpc) is 2.71.